The third-order valence-corrected chi connectivity index (χ3v) is 4.77. The number of hydrogen-bond donors (Lipinski definition) is 1. The van der Waals surface area contributed by atoms with Crippen LogP contribution in [0.5, 0.6) is 0 Å². The molecule has 6 heteroatoms. The van der Waals surface area contributed by atoms with Gasteiger partial charge >= 0.3 is 0 Å². The maximum absolute atomic E-state index is 6.01. The quantitative estimate of drug-likeness (QED) is 0.907. The van der Waals surface area contributed by atoms with Crippen molar-refractivity contribution >= 4 is 50.9 Å². The van der Waals surface area contributed by atoms with E-state index in [-0.39, 0.29) is 0 Å². The van der Waals surface area contributed by atoms with Gasteiger partial charge in [0.25, 0.3) is 0 Å². The number of anilines is 1. The van der Waals surface area contributed by atoms with Gasteiger partial charge in [-0.15, -0.1) is 0 Å². The highest BCUT2D eigenvalue weighted by molar-refractivity contribution is 9.10. The Labute approximate surface area is 125 Å². The highest BCUT2D eigenvalue weighted by Gasteiger charge is 2.27. The summed E-state index contributed by atoms with van der Waals surface area (Å²) in [6, 6.07) is 6.19. The van der Waals surface area contributed by atoms with Gasteiger partial charge in [-0.1, -0.05) is 11.6 Å². The Balaban J connectivity index is 2.22. The molecule has 0 saturated carbocycles. The van der Waals surface area contributed by atoms with E-state index in [4.69, 9.17) is 17.3 Å². The van der Waals surface area contributed by atoms with Crippen molar-refractivity contribution < 1.29 is 0 Å². The first-order chi connectivity index (χ1) is 8.63. The van der Waals surface area contributed by atoms with Crippen molar-refractivity contribution in [1.29, 1.82) is 0 Å². The van der Waals surface area contributed by atoms with Crippen LogP contribution in [0.3, 0.4) is 0 Å². The SMILES string of the molecule is CSCCC1CN=C(N)N1c1ccc(Cl)c(Br)c1. The molecule has 0 spiro atoms. The van der Waals surface area contributed by atoms with Crippen molar-refractivity contribution in [3.05, 3.63) is 27.7 Å². The fraction of sp³-hybridized carbons (Fsp3) is 0.417. The molecule has 0 saturated heterocycles. The molecule has 1 aliphatic heterocycles. The zero-order valence-corrected chi connectivity index (χ0v) is 13.2. The van der Waals surface area contributed by atoms with Crippen molar-refractivity contribution in [3.8, 4) is 0 Å². The van der Waals surface area contributed by atoms with Gasteiger partial charge in [-0.3, -0.25) is 4.99 Å². The predicted octanol–water partition coefficient (Wildman–Crippen LogP) is 3.36. The minimum absolute atomic E-state index is 0.352. The van der Waals surface area contributed by atoms with E-state index in [0.29, 0.717) is 17.0 Å². The molecule has 0 radical (unpaired) electrons. The lowest BCUT2D eigenvalue weighted by Crippen LogP contribution is -2.41. The maximum Gasteiger partial charge on any atom is 0.196 e. The monoisotopic (exact) mass is 347 g/mol. The number of aliphatic imine (C=N–C) groups is 1. The average Bonchev–Trinajstić information content (AvgIpc) is 2.71. The van der Waals surface area contributed by atoms with E-state index in [9.17, 15) is 0 Å². The second-order valence-electron chi connectivity index (χ2n) is 4.10. The lowest BCUT2D eigenvalue weighted by molar-refractivity contribution is 0.690. The van der Waals surface area contributed by atoms with Gasteiger partial charge in [0.05, 0.1) is 17.6 Å². The molecule has 0 aliphatic carbocycles. The second-order valence-corrected chi connectivity index (χ2v) is 6.35. The Morgan fingerprint density at radius 1 is 1.61 bits per heavy atom. The minimum atomic E-state index is 0.352. The van der Waals surface area contributed by atoms with Crippen LogP contribution in [0.1, 0.15) is 6.42 Å². The number of thioether (sulfide) groups is 1. The van der Waals surface area contributed by atoms with Crippen molar-refractivity contribution in [3.63, 3.8) is 0 Å². The van der Waals surface area contributed by atoms with E-state index in [0.717, 1.165) is 28.9 Å². The Morgan fingerprint density at radius 2 is 2.39 bits per heavy atom. The number of benzene rings is 1. The van der Waals surface area contributed by atoms with E-state index < -0.39 is 0 Å². The Hall–Kier alpha value is -0.390. The first kappa shape index (κ1) is 14.0. The summed E-state index contributed by atoms with van der Waals surface area (Å²) < 4.78 is 0.880. The number of rotatable bonds is 4. The van der Waals surface area contributed by atoms with E-state index in [1.807, 2.05) is 30.0 Å². The second kappa shape index (κ2) is 6.17. The predicted molar refractivity (Wildman–Crippen MR) is 84.9 cm³/mol. The number of halogens is 2. The Bertz CT molecular complexity index is 467. The third kappa shape index (κ3) is 2.95. The van der Waals surface area contributed by atoms with Crippen molar-refractivity contribution in [2.45, 2.75) is 12.5 Å². The first-order valence-corrected chi connectivity index (χ1v) is 8.23. The summed E-state index contributed by atoms with van der Waals surface area (Å²) in [4.78, 5) is 6.44. The summed E-state index contributed by atoms with van der Waals surface area (Å²) in [5, 5.41) is 0.703. The lowest BCUT2D eigenvalue weighted by atomic mass is 10.2. The van der Waals surface area contributed by atoms with Crippen LogP contribution in [0.4, 0.5) is 5.69 Å². The molecule has 0 bridgehead atoms. The van der Waals surface area contributed by atoms with Gasteiger partial charge < -0.3 is 10.6 Å². The van der Waals surface area contributed by atoms with Gasteiger partial charge in [0.1, 0.15) is 0 Å². The Kier molecular flexibility index (Phi) is 4.81. The normalized spacial score (nSPS) is 19.2. The zero-order valence-electron chi connectivity index (χ0n) is 10.1. The van der Waals surface area contributed by atoms with Gasteiger partial charge in [0.15, 0.2) is 5.96 Å². The molecule has 98 valence electrons. The van der Waals surface area contributed by atoms with Gasteiger partial charge in [0, 0.05) is 10.2 Å². The molecular formula is C12H15BrClN3S. The largest absolute Gasteiger partial charge is 0.370 e. The van der Waals surface area contributed by atoms with Crippen molar-refractivity contribution in [1.82, 2.24) is 0 Å². The molecule has 1 heterocycles. The molecule has 1 aliphatic rings. The van der Waals surface area contributed by atoms with Crippen molar-refractivity contribution in [2.75, 3.05) is 23.5 Å². The van der Waals surface area contributed by atoms with E-state index in [1.165, 1.54) is 0 Å². The molecule has 1 aromatic carbocycles. The molecule has 0 fully saturated rings. The number of hydrogen-bond acceptors (Lipinski definition) is 4. The highest BCUT2D eigenvalue weighted by Crippen LogP contribution is 2.30. The van der Waals surface area contributed by atoms with Crippen LogP contribution in [0.15, 0.2) is 27.7 Å². The highest BCUT2D eigenvalue weighted by atomic mass is 79.9. The summed E-state index contributed by atoms with van der Waals surface area (Å²) in [5.74, 6) is 1.70. The lowest BCUT2D eigenvalue weighted by Gasteiger charge is -2.26. The number of guanidine groups is 1. The molecule has 1 unspecified atom stereocenters. The molecule has 1 atom stereocenters. The maximum atomic E-state index is 6.01. The Morgan fingerprint density at radius 3 is 3.06 bits per heavy atom. The van der Waals surface area contributed by atoms with Crippen LogP contribution in [0.25, 0.3) is 0 Å². The fourth-order valence-electron chi connectivity index (χ4n) is 2.00. The van der Waals surface area contributed by atoms with E-state index in [1.54, 1.807) is 0 Å². The average molecular weight is 349 g/mol. The summed E-state index contributed by atoms with van der Waals surface area (Å²) in [7, 11) is 0. The van der Waals surface area contributed by atoms with Crippen LogP contribution in [-0.4, -0.2) is 30.6 Å². The molecule has 18 heavy (non-hydrogen) atoms. The molecule has 1 aromatic rings. The van der Waals surface area contributed by atoms with E-state index in [2.05, 4.69) is 32.1 Å². The summed E-state index contributed by atoms with van der Waals surface area (Å²) in [6.45, 7) is 0.770. The fourth-order valence-corrected chi connectivity index (χ4v) is 2.99. The molecule has 0 aromatic heterocycles. The molecular weight excluding hydrogens is 334 g/mol. The topological polar surface area (TPSA) is 41.6 Å². The molecule has 2 N–H and O–H groups in total. The van der Waals surface area contributed by atoms with Crippen LogP contribution < -0.4 is 10.6 Å². The number of nitrogens with two attached hydrogens (primary N) is 1. The standard InChI is InChI=1S/C12H15BrClN3S/c1-18-5-4-9-7-16-12(15)17(9)8-2-3-11(14)10(13)6-8/h2-3,6,9H,4-5,7H2,1H3,(H2,15,16). The van der Waals surface area contributed by atoms with Gasteiger partial charge in [-0.25, -0.2) is 0 Å². The smallest absolute Gasteiger partial charge is 0.196 e. The summed E-state index contributed by atoms with van der Waals surface area (Å²) in [5.41, 5.74) is 7.02. The molecule has 2 rings (SSSR count). The molecule has 3 nitrogen and oxygen atoms in total. The third-order valence-electron chi connectivity index (χ3n) is 2.91. The van der Waals surface area contributed by atoms with Crippen molar-refractivity contribution in [2.24, 2.45) is 10.7 Å². The molecule has 0 amide bonds. The van der Waals surface area contributed by atoms with Gasteiger partial charge in [-0.2, -0.15) is 11.8 Å². The van der Waals surface area contributed by atoms with Crippen LogP contribution >= 0.6 is 39.3 Å². The van der Waals surface area contributed by atoms with E-state index >= 15 is 0 Å². The minimum Gasteiger partial charge on any atom is -0.370 e. The summed E-state index contributed by atoms with van der Waals surface area (Å²) in [6.07, 6.45) is 3.19. The van der Waals surface area contributed by atoms with Gasteiger partial charge in [0.2, 0.25) is 0 Å². The van der Waals surface area contributed by atoms with Crippen LogP contribution in [-0.2, 0) is 0 Å². The summed E-state index contributed by atoms with van der Waals surface area (Å²) >= 11 is 11.3. The number of nitrogens with zero attached hydrogens (tertiary/aromatic N) is 2. The first-order valence-electron chi connectivity index (χ1n) is 5.66. The van der Waals surface area contributed by atoms with Gasteiger partial charge in [-0.05, 0) is 52.6 Å². The van der Waals surface area contributed by atoms with Crippen LogP contribution in [0, 0.1) is 0 Å². The zero-order chi connectivity index (χ0) is 13.1. The van der Waals surface area contributed by atoms with Crippen LogP contribution in [0.2, 0.25) is 5.02 Å².